The van der Waals surface area contributed by atoms with Crippen molar-refractivity contribution in [2.24, 2.45) is 0 Å². The molecule has 0 aliphatic heterocycles. The molecule has 0 amide bonds. The number of hydrogen-bond acceptors (Lipinski definition) is 3. The van der Waals surface area contributed by atoms with Gasteiger partial charge in [-0.25, -0.2) is 0 Å². The zero-order valence-electron chi connectivity index (χ0n) is 7.90. The van der Waals surface area contributed by atoms with Crippen molar-refractivity contribution < 1.29 is 14.8 Å². The number of rotatable bonds is 4. The van der Waals surface area contributed by atoms with E-state index in [9.17, 15) is 0 Å². The first kappa shape index (κ1) is 11.6. The van der Waals surface area contributed by atoms with Crippen molar-refractivity contribution >= 4 is 28.5 Å². The molecule has 14 heavy (non-hydrogen) atoms. The van der Waals surface area contributed by atoms with Crippen molar-refractivity contribution in [2.45, 2.75) is 13.3 Å². The summed E-state index contributed by atoms with van der Waals surface area (Å²) in [6, 6.07) is 5.16. The molecule has 0 heterocycles. The highest BCUT2D eigenvalue weighted by molar-refractivity contribution is 9.10. The average molecular weight is 259 g/mol. The van der Waals surface area contributed by atoms with Crippen LogP contribution in [0, 0.1) is 0 Å². The Morgan fingerprint density at radius 1 is 1.43 bits per heavy atom. The molecule has 1 rings (SSSR count). The summed E-state index contributed by atoms with van der Waals surface area (Å²) in [6.07, 6.45) is 0.877. The maximum absolute atomic E-state index is 9.08. The minimum atomic E-state index is -1.50. The Morgan fingerprint density at radius 2 is 2.14 bits per heavy atom. The lowest BCUT2D eigenvalue weighted by Crippen LogP contribution is -2.31. The van der Waals surface area contributed by atoms with Gasteiger partial charge in [-0.1, -0.05) is 19.1 Å². The average Bonchev–Trinajstić information content (AvgIpc) is 2.15. The van der Waals surface area contributed by atoms with E-state index in [1.54, 1.807) is 18.2 Å². The molecule has 3 nitrogen and oxygen atoms in total. The molecular formula is C9H12BBrO3. The van der Waals surface area contributed by atoms with Gasteiger partial charge >= 0.3 is 7.12 Å². The van der Waals surface area contributed by atoms with Crippen molar-refractivity contribution in [1.29, 1.82) is 0 Å². The summed E-state index contributed by atoms with van der Waals surface area (Å²) in [5.41, 5.74) is 0.382. The third-order valence-corrected chi connectivity index (χ3v) is 2.35. The lowest BCUT2D eigenvalue weighted by atomic mass is 9.79. The first-order valence-corrected chi connectivity index (χ1v) is 5.23. The van der Waals surface area contributed by atoms with E-state index in [1.807, 2.05) is 6.92 Å². The second kappa shape index (κ2) is 5.39. The molecule has 0 spiro atoms. The van der Waals surface area contributed by atoms with Crippen LogP contribution in [0.5, 0.6) is 5.75 Å². The molecule has 0 fully saturated rings. The minimum absolute atomic E-state index is 0.382. The third kappa shape index (κ3) is 2.74. The first-order chi connectivity index (χ1) is 6.66. The van der Waals surface area contributed by atoms with Crippen molar-refractivity contribution in [1.82, 2.24) is 0 Å². The van der Waals surface area contributed by atoms with Crippen LogP contribution in [-0.4, -0.2) is 23.8 Å². The molecule has 0 atom stereocenters. The molecule has 2 N–H and O–H groups in total. The van der Waals surface area contributed by atoms with Crippen molar-refractivity contribution in [3.63, 3.8) is 0 Å². The topological polar surface area (TPSA) is 49.7 Å². The predicted molar refractivity (Wildman–Crippen MR) is 59.8 cm³/mol. The van der Waals surface area contributed by atoms with Gasteiger partial charge < -0.3 is 14.8 Å². The van der Waals surface area contributed by atoms with Crippen LogP contribution in [-0.2, 0) is 0 Å². The zero-order chi connectivity index (χ0) is 10.6. The van der Waals surface area contributed by atoms with Crippen LogP contribution >= 0.6 is 15.9 Å². The van der Waals surface area contributed by atoms with Crippen LogP contribution in [0.1, 0.15) is 13.3 Å². The summed E-state index contributed by atoms with van der Waals surface area (Å²) < 4.78 is 6.14. The van der Waals surface area contributed by atoms with Crippen LogP contribution in [0.4, 0.5) is 0 Å². The second-order valence-electron chi connectivity index (χ2n) is 2.88. The fourth-order valence-corrected chi connectivity index (χ4v) is 1.58. The molecule has 0 bridgehead atoms. The predicted octanol–water partition coefficient (Wildman–Crippen LogP) is 0.918. The van der Waals surface area contributed by atoms with Crippen LogP contribution in [0.2, 0.25) is 0 Å². The van der Waals surface area contributed by atoms with E-state index >= 15 is 0 Å². The van der Waals surface area contributed by atoms with E-state index < -0.39 is 7.12 Å². The monoisotopic (exact) mass is 258 g/mol. The summed E-state index contributed by atoms with van der Waals surface area (Å²) in [6.45, 7) is 2.55. The van der Waals surface area contributed by atoms with E-state index in [-0.39, 0.29) is 0 Å². The summed E-state index contributed by atoms with van der Waals surface area (Å²) in [7, 11) is -1.50. The van der Waals surface area contributed by atoms with Gasteiger partial charge in [0.05, 0.1) is 11.1 Å². The van der Waals surface area contributed by atoms with E-state index in [1.165, 1.54) is 0 Å². The summed E-state index contributed by atoms with van der Waals surface area (Å²) in [5.74, 6) is 0.504. The van der Waals surface area contributed by atoms with Gasteiger partial charge in [-0.15, -0.1) is 0 Å². The standard InChI is InChI=1S/C9H12BBrO3/c1-2-6-14-9-7(10(12)13)4-3-5-8(9)11/h3-5,12-13H,2,6H2,1H3. The third-order valence-electron chi connectivity index (χ3n) is 1.73. The second-order valence-corrected chi connectivity index (χ2v) is 3.73. The highest BCUT2D eigenvalue weighted by Gasteiger charge is 2.18. The fourth-order valence-electron chi connectivity index (χ4n) is 1.09. The Morgan fingerprint density at radius 3 is 2.71 bits per heavy atom. The normalized spacial score (nSPS) is 10.0. The zero-order valence-corrected chi connectivity index (χ0v) is 9.49. The molecule has 1 aromatic rings. The van der Waals surface area contributed by atoms with Gasteiger partial charge in [0.25, 0.3) is 0 Å². The number of halogens is 1. The molecule has 5 heteroatoms. The van der Waals surface area contributed by atoms with Gasteiger partial charge in [-0.2, -0.15) is 0 Å². The van der Waals surface area contributed by atoms with Crippen LogP contribution in [0.25, 0.3) is 0 Å². The van der Waals surface area contributed by atoms with E-state index in [0.29, 0.717) is 17.8 Å². The summed E-state index contributed by atoms with van der Waals surface area (Å²) in [5, 5.41) is 18.2. The van der Waals surface area contributed by atoms with Gasteiger partial charge in [0.2, 0.25) is 0 Å². The highest BCUT2D eigenvalue weighted by Crippen LogP contribution is 2.22. The van der Waals surface area contributed by atoms with E-state index in [0.717, 1.165) is 10.9 Å². The quantitative estimate of drug-likeness (QED) is 0.790. The Balaban J connectivity index is 2.96. The Labute approximate surface area is 92.0 Å². The Kier molecular flexibility index (Phi) is 4.45. The van der Waals surface area contributed by atoms with Gasteiger partial charge in [-0.05, 0) is 28.4 Å². The van der Waals surface area contributed by atoms with E-state index in [4.69, 9.17) is 14.8 Å². The number of ether oxygens (including phenoxy) is 1. The smallest absolute Gasteiger partial charge is 0.492 e. The Hall–Kier alpha value is -0.515. The summed E-state index contributed by atoms with van der Waals surface area (Å²) >= 11 is 3.30. The number of benzene rings is 1. The van der Waals surface area contributed by atoms with Crippen LogP contribution in [0.3, 0.4) is 0 Å². The van der Waals surface area contributed by atoms with Gasteiger partial charge in [0.1, 0.15) is 5.75 Å². The fraction of sp³-hybridized carbons (Fsp3) is 0.333. The molecule has 0 aromatic heterocycles. The molecule has 0 unspecified atom stereocenters. The maximum Gasteiger partial charge on any atom is 0.492 e. The molecule has 0 radical (unpaired) electrons. The van der Waals surface area contributed by atoms with Crippen molar-refractivity contribution in [3.05, 3.63) is 22.7 Å². The molecule has 0 saturated carbocycles. The Bertz CT molecular complexity index is 304. The lowest BCUT2D eigenvalue weighted by Gasteiger charge is -2.11. The van der Waals surface area contributed by atoms with E-state index in [2.05, 4.69) is 15.9 Å². The molecular weight excluding hydrogens is 247 g/mol. The first-order valence-electron chi connectivity index (χ1n) is 4.44. The van der Waals surface area contributed by atoms with Crippen molar-refractivity contribution in [3.8, 4) is 5.75 Å². The van der Waals surface area contributed by atoms with Gasteiger partial charge in [0.15, 0.2) is 0 Å². The summed E-state index contributed by atoms with van der Waals surface area (Å²) in [4.78, 5) is 0. The molecule has 0 saturated heterocycles. The van der Waals surface area contributed by atoms with Gasteiger partial charge in [0, 0.05) is 5.46 Å². The SMILES string of the molecule is CCCOc1c(Br)cccc1B(O)O. The largest absolute Gasteiger partial charge is 0.493 e. The minimum Gasteiger partial charge on any atom is -0.493 e. The maximum atomic E-state index is 9.08. The van der Waals surface area contributed by atoms with Crippen molar-refractivity contribution in [2.75, 3.05) is 6.61 Å². The molecule has 0 aliphatic rings. The molecule has 0 aliphatic carbocycles. The highest BCUT2D eigenvalue weighted by atomic mass is 79.9. The number of hydrogen-bond donors (Lipinski definition) is 2. The van der Waals surface area contributed by atoms with Crippen LogP contribution < -0.4 is 10.2 Å². The number of para-hydroxylation sites is 1. The molecule has 1 aromatic carbocycles. The van der Waals surface area contributed by atoms with Crippen LogP contribution in [0.15, 0.2) is 22.7 Å². The van der Waals surface area contributed by atoms with Gasteiger partial charge in [-0.3, -0.25) is 0 Å². The molecule has 76 valence electrons. The lowest BCUT2D eigenvalue weighted by molar-refractivity contribution is 0.316.